The van der Waals surface area contributed by atoms with Gasteiger partial charge in [0.25, 0.3) is 5.56 Å². The zero-order chi connectivity index (χ0) is 16.9. The van der Waals surface area contributed by atoms with Crippen LogP contribution in [0.15, 0.2) is 35.1 Å². The molecule has 128 valence electrons. The Morgan fingerprint density at radius 3 is 2.67 bits per heavy atom. The van der Waals surface area contributed by atoms with E-state index in [1.54, 1.807) is 22.8 Å². The van der Waals surface area contributed by atoms with Crippen LogP contribution in [0.1, 0.15) is 5.69 Å². The van der Waals surface area contributed by atoms with Gasteiger partial charge in [-0.3, -0.25) is 9.36 Å². The van der Waals surface area contributed by atoms with Gasteiger partial charge in [-0.25, -0.2) is 9.37 Å². The smallest absolute Gasteiger partial charge is 0.255 e. The van der Waals surface area contributed by atoms with E-state index in [1.807, 2.05) is 18.7 Å². The minimum atomic E-state index is -0.299. The molecule has 0 radical (unpaired) electrons. The highest BCUT2D eigenvalue weighted by atomic mass is 32.2. The van der Waals surface area contributed by atoms with Gasteiger partial charge < -0.3 is 9.64 Å². The third kappa shape index (κ3) is 4.08. The van der Waals surface area contributed by atoms with Gasteiger partial charge in [-0.15, -0.1) is 0 Å². The zero-order valence-corrected chi connectivity index (χ0v) is 14.4. The van der Waals surface area contributed by atoms with Crippen molar-refractivity contribution in [3.63, 3.8) is 0 Å². The van der Waals surface area contributed by atoms with E-state index >= 15 is 0 Å². The van der Waals surface area contributed by atoms with Gasteiger partial charge in [0, 0.05) is 36.4 Å². The average molecular weight is 349 g/mol. The molecule has 1 aromatic carbocycles. The lowest BCUT2D eigenvalue weighted by Gasteiger charge is -2.29. The highest BCUT2D eigenvalue weighted by Crippen LogP contribution is 2.17. The Labute approximate surface area is 144 Å². The first-order valence-corrected chi connectivity index (χ1v) is 9.08. The van der Waals surface area contributed by atoms with Crippen LogP contribution in [0.25, 0.3) is 0 Å². The molecular formula is C17H20FN3O2S. The maximum Gasteiger partial charge on any atom is 0.255 e. The van der Waals surface area contributed by atoms with Crippen LogP contribution in [-0.4, -0.2) is 40.8 Å². The molecule has 0 aliphatic carbocycles. The fourth-order valence-corrected chi connectivity index (χ4v) is 3.51. The molecule has 24 heavy (non-hydrogen) atoms. The molecule has 3 rings (SSSR count). The van der Waals surface area contributed by atoms with E-state index in [2.05, 4.69) is 9.88 Å². The van der Waals surface area contributed by atoms with Gasteiger partial charge in [0.05, 0.1) is 6.54 Å². The number of aromatic nitrogens is 2. The van der Waals surface area contributed by atoms with E-state index in [0.29, 0.717) is 24.8 Å². The number of nitrogens with zero attached hydrogens (tertiary/aromatic N) is 3. The monoisotopic (exact) mass is 349 g/mol. The number of rotatable bonds is 5. The molecule has 0 amide bonds. The molecule has 5 nitrogen and oxygen atoms in total. The third-order valence-corrected chi connectivity index (χ3v) is 4.75. The summed E-state index contributed by atoms with van der Waals surface area (Å²) >= 11 is 1.91. The summed E-state index contributed by atoms with van der Waals surface area (Å²) < 4.78 is 20.2. The topological polar surface area (TPSA) is 47.4 Å². The number of thioether (sulfide) groups is 1. The summed E-state index contributed by atoms with van der Waals surface area (Å²) in [6.07, 6.45) is 0. The SMILES string of the molecule is Cc1cc(=O)n(CCOc2ccc(F)cc2)c(N2CCSCC2)n1. The Bertz CT molecular complexity index is 742. The normalized spacial score (nSPS) is 14.7. The minimum Gasteiger partial charge on any atom is -0.492 e. The summed E-state index contributed by atoms with van der Waals surface area (Å²) in [5.41, 5.74) is 0.655. The molecular weight excluding hydrogens is 329 g/mol. The Balaban J connectivity index is 1.74. The van der Waals surface area contributed by atoms with Crippen molar-refractivity contribution in [2.45, 2.75) is 13.5 Å². The van der Waals surface area contributed by atoms with Crippen molar-refractivity contribution < 1.29 is 9.13 Å². The van der Waals surface area contributed by atoms with Gasteiger partial charge >= 0.3 is 0 Å². The van der Waals surface area contributed by atoms with Crippen LogP contribution in [-0.2, 0) is 6.54 Å². The van der Waals surface area contributed by atoms with Crippen molar-refractivity contribution in [1.29, 1.82) is 0 Å². The first-order chi connectivity index (χ1) is 11.6. The molecule has 0 saturated carbocycles. The fourth-order valence-electron chi connectivity index (χ4n) is 2.61. The first-order valence-electron chi connectivity index (χ1n) is 7.93. The summed E-state index contributed by atoms with van der Waals surface area (Å²) in [7, 11) is 0. The Hall–Kier alpha value is -2.02. The number of aryl methyl sites for hydroxylation is 1. The Kier molecular flexibility index (Phi) is 5.40. The number of ether oxygens (including phenoxy) is 1. The lowest BCUT2D eigenvalue weighted by Crippen LogP contribution is -2.39. The second kappa shape index (κ2) is 7.70. The van der Waals surface area contributed by atoms with Gasteiger partial charge in [-0.05, 0) is 31.2 Å². The molecule has 7 heteroatoms. The summed E-state index contributed by atoms with van der Waals surface area (Å²) in [6, 6.07) is 7.40. The second-order valence-corrected chi connectivity index (χ2v) is 6.81. The Morgan fingerprint density at radius 2 is 1.96 bits per heavy atom. The van der Waals surface area contributed by atoms with Crippen molar-refractivity contribution in [2.24, 2.45) is 0 Å². The minimum absolute atomic E-state index is 0.0709. The number of halogens is 1. The number of benzene rings is 1. The van der Waals surface area contributed by atoms with Crippen LogP contribution >= 0.6 is 11.8 Å². The fraction of sp³-hybridized carbons (Fsp3) is 0.412. The number of anilines is 1. The van der Waals surface area contributed by atoms with Gasteiger partial charge in [0.15, 0.2) is 0 Å². The molecule has 2 aromatic rings. The lowest BCUT2D eigenvalue weighted by atomic mass is 10.3. The van der Waals surface area contributed by atoms with E-state index in [-0.39, 0.29) is 11.4 Å². The zero-order valence-electron chi connectivity index (χ0n) is 13.6. The standard InChI is InChI=1S/C17H20FN3O2S/c1-13-12-16(22)21(17(19-13)20-7-10-24-11-8-20)6-9-23-15-4-2-14(18)3-5-15/h2-5,12H,6-11H2,1H3. The van der Waals surface area contributed by atoms with Crippen molar-refractivity contribution in [3.05, 3.63) is 52.2 Å². The highest BCUT2D eigenvalue weighted by molar-refractivity contribution is 7.99. The third-order valence-electron chi connectivity index (χ3n) is 3.81. The predicted molar refractivity (Wildman–Crippen MR) is 94.7 cm³/mol. The van der Waals surface area contributed by atoms with Crippen molar-refractivity contribution in [2.75, 3.05) is 36.1 Å². The van der Waals surface area contributed by atoms with E-state index in [0.717, 1.165) is 30.3 Å². The molecule has 0 spiro atoms. The molecule has 2 heterocycles. The van der Waals surface area contributed by atoms with E-state index < -0.39 is 0 Å². The average Bonchev–Trinajstić information content (AvgIpc) is 2.59. The van der Waals surface area contributed by atoms with Crippen LogP contribution in [0.5, 0.6) is 5.75 Å². The van der Waals surface area contributed by atoms with E-state index in [4.69, 9.17) is 4.74 Å². The van der Waals surface area contributed by atoms with Crippen molar-refractivity contribution in [3.8, 4) is 5.75 Å². The van der Waals surface area contributed by atoms with Crippen LogP contribution in [0, 0.1) is 12.7 Å². The summed E-state index contributed by atoms with van der Waals surface area (Å²) in [4.78, 5) is 19.1. The predicted octanol–water partition coefficient (Wildman–Crippen LogP) is 2.32. The van der Waals surface area contributed by atoms with E-state index in [9.17, 15) is 9.18 Å². The van der Waals surface area contributed by atoms with Crippen molar-refractivity contribution >= 4 is 17.7 Å². The second-order valence-electron chi connectivity index (χ2n) is 5.59. The summed E-state index contributed by atoms with van der Waals surface area (Å²) in [5.74, 6) is 3.07. The molecule has 1 aliphatic heterocycles. The van der Waals surface area contributed by atoms with E-state index in [1.165, 1.54) is 12.1 Å². The first kappa shape index (κ1) is 16.8. The summed E-state index contributed by atoms with van der Waals surface area (Å²) in [6.45, 7) is 4.34. The Morgan fingerprint density at radius 1 is 1.25 bits per heavy atom. The van der Waals surface area contributed by atoms with Gasteiger partial charge in [0.1, 0.15) is 18.2 Å². The quantitative estimate of drug-likeness (QED) is 0.829. The molecule has 1 aromatic heterocycles. The highest BCUT2D eigenvalue weighted by Gasteiger charge is 2.17. The molecule has 1 saturated heterocycles. The summed E-state index contributed by atoms with van der Waals surface area (Å²) in [5, 5.41) is 0. The molecule has 1 fully saturated rings. The van der Waals surface area contributed by atoms with Gasteiger partial charge in [-0.2, -0.15) is 11.8 Å². The van der Waals surface area contributed by atoms with Crippen molar-refractivity contribution in [1.82, 2.24) is 9.55 Å². The molecule has 0 atom stereocenters. The molecule has 0 unspecified atom stereocenters. The van der Waals surface area contributed by atoms with Crippen LogP contribution in [0.2, 0.25) is 0 Å². The number of hydrogen-bond acceptors (Lipinski definition) is 5. The molecule has 0 N–H and O–H groups in total. The van der Waals surface area contributed by atoms with Gasteiger partial charge in [0.2, 0.25) is 5.95 Å². The number of hydrogen-bond donors (Lipinski definition) is 0. The lowest BCUT2D eigenvalue weighted by molar-refractivity contribution is 0.295. The molecule has 0 bridgehead atoms. The van der Waals surface area contributed by atoms with Crippen LogP contribution < -0.4 is 15.2 Å². The maximum atomic E-state index is 12.9. The van der Waals surface area contributed by atoms with Crippen LogP contribution in [0.4, 0.5) is 10.3 Å². The van der Waals surface area contributed by atoms with Gasteiger partial charge in [-0.1, -0.05) is 0 Å². The largest absolute Gasteiger partial charge is 0.492 e. The van der Waals surface area contributed by atoms with Crippen LogP contribution in [0.3, 0.4) is 0 Å². The maximum absolute atomic E-state index is 12.9. The molecule has 1 aliphatic rings.